The standard InChI is InChI=1S/C11H13N3O3/c1-16-10-3-2-8(6-9(10)13)17-7-11(15)14-5-4-12/h2-3,6H,5,7,13H2,1H3,(H,14,15). The average molecular weight is 235 g/mol. The van der Waals surface area contributed by atoms with Crippen molar-refractivity contribution in [2.45, 2.75) is 0 Å². The van der Waals surface area contributed by atoms with Gasteiger partial charge in [0.05, 0.1) is 18.9 Å². The van der Waals surface area contributed by atoms with Crippen LogP contribution in [0.4, 0.5) is 5.69 Å². The second kappa shape index (κ2) is 6.23. The van der Waals surface area contributed by atoms with E-state index in [4.69, 9.17) is 20.5 Å². The molecule has 6 heteroatoms. The number of nitrogens with two attached hydrogens (primary N) is 1. The number of ether oxygens (including phenoxy) is 2. The summed E-state index contributed by atoms with van der Waals surface area (Å²) in [6.45, 7) is -0.194. The highest BCUT2D eigenvalue weighted by molar-refractivity contribution is 5.77. The molecule has 6 nitrogen and oxygen atoms in total. The third-order valence-corrected chi connectivity index (χ3v) is 1.94. The van der Waals surface area contributed by atoms with Crippen LogP contribution >= 0.6 is 0 Å². The van der Waals surface area contributed by atoms with Gasteiger partial charge in [0.1, 0.15) is 18.0 Å². The number of rotatable bonds is 5. The van der Waals surface area contributed by atoms with E-state index in [2.05, 4.69) is 5.32 Å². The number of nitrogens with zero attached hydrogens (tertiary/aromatic N) is 1. The van der Waals surface area contributed by atoms with Crippen LogP contribution in [0.25, 0.3) is 0 Å². The molecule has 0 saturated carbocycles. The summed E-state index contributed by atoms with van der Waals surface area (Å²) in [5.74, 6) is 0.655. The predicted octanol–water partition coefficient (Wildman–Crippen LogP) is 0.296. The summed E-state index contributed by atoms with van der Waals surface area (Å²) >= 11 is 0. The molecule has 0 aliphatic heterocycles. The van der Waals surface area contributed by atoms with Crippen LogP contribution < -0.4 is 20.5 Å². The number of hydrogen-bond acceptors (Lipinski definition) is 5. The Bertz CT molecular complexity index is 440. The lowest BCUT2D eigenvalue weighted by atomic mass is 10.3. The van der Waals surface area contributed by atoms with Crippen LogP contribution in [-0.4, -0.2) is 26.2 Å². The zero-order valence-corrected chi connectivity index (χ0v) is 9.40. The maximum Gasteiger partial charge on any atom is 0.258 e. The fourth-order valence-electron chi connectivity index (χ4n) is 1.14. The van der Waals surface area contributed by atoms with Gasteiger partial charge in [0.2, 0.25) is 0 Å². The molecule has 3 N–H and O–H groups in total. The summed E-state index contributed by atoms with van der Waals surface area (Å²) in [5.41, 5.74) is 6.10. The lowest BCUT2D eigenvalue weighted by molar-refractivity contribution is -0.122. The van der Waals surface area contributed by atoms with Crippen molar-refractivity contribution in [3.8, 4) is 17.6 Å². The summed E-state index contributed by atoms with van der Waals surface area (Å²) in [6, 6.07) is 6.66. The fraction of sp³-hybridized carbons (Fsp3) is 0.273. The van der Waals surface area contributed by atoms with E-state index < -0.39 is 0 Å². The van der Waals surface area contributed by atoms with E-state index in [-0.39, 0.29) is 19.1 Å². The van der Waals surface area contributed by atoms with Crippen LogP contribution in [0.2, 0.25) is 0 Å². The molecule has 0 fully saturated rings. The Morgan fingerprint density at radius 2 is 2.35 bits per heavy atom. The van der Waals surface area contributed by atoms with Crippen LogP contribution in [0.5, 0.6) is 11.5 Å². The van der Waals surface area contributed by atoms with E-state index in [0.29, 0.717) is 17.2 Å². The molecule has 0 heterocycles. The highest BCUT2D eigenvalue weighted by Crippen LogP contribution is 2.25. The van der Waals surface area contributed by atoms with Crippen molar-refractivity contribution >= 4 is 11.6 Å². The molecule has 1 aromatic rings. The Morgan fingerprint density at radius 3 is 2.94 bits per heavy atom. The summed E-state index contributed by atoms with van der Waals surface area (Å²) in [6.07, 6.45) is 0. The highest BCUT2D eigenvalue weighted by atomic mass is 16.5. The minimum Gasteiger partial charge on any atom is -0.495 e. The monoisotopic (exact) mass is 235 g/mol. The molecular weight excluding hydrogens is 222 g/mol. The fourth-order valence-corrected chi connectivity index (χ4v) is 1.14. The van der Waals surface area contributed by atoms with E-state index in [9.17, 15) is 4.79 Å². The Kier molecular flexibility index (Phi) is 4.63. The molecule has 1 aromatic carbocycles. The van der Waals surface area contributed by atoms with Crippen molar-refractivity contribution in [2.75, 3.05) is 26.0 Å². The SMILES string of the molecule is COc1ccc(OCC(=O)NCC#N)cc1N. The van der Waals surface area contributed by atoms with Gasteiger partial charge in [0.25, 0.3) is 5.91 Å². The molecular formula is C11H13N3O3. The molecule has 0 saturated heterocycles. The largest absolute Gasteiger partial charge is 0.495 e. The third-order valence-electron chi connectivity index (χ3n) is 1.94. The molecule has 0 unspecified atom stereocenters. The molecule has 0 aliphatic rings. The average Bonchev–Trinajstić information content (AvgIpc) is 2.34. The summed E-state index contributed by atoms with van der Waals surface area (Å²) in [7, 11) is 1.52. The number of nitrogens with one attached hydrogen (secondary N) is 1. The van der Waals surface area contributed by atoms with E-state index in [1.54, 1.807) is 24.3 Å². The van der Waals surface area contributed by atoms with E-state index >= 15 is 0 Å². The second-order valence-electron chi connectivity index (χ2n) is 3.13. The van der Waals surface area contributed by atoms with Gasteiger partial charge < -0.3 is 20.5 Å². The number of anilines is 1. The molecule has 0 aromatic heterocycles. The summed E-state index contributed by atoms with van der Waals surface area (Å²) in [4.78, 5) is 11.1. The predicted molar refractivity (Wildman–Crippen MR) is 61.5 cm³/mol. The highest BCUT2D eigenvalue weighted by Gasteiger charge is 2.04. The van der Waals surface area contributed by atoms with Crippen molar-refractivity contribution in [3.63, 3.8) is 0 Å². The summed E-state index contributed by atoms with van der Waals surface area (Å²) in [5, 5.41) is 10.6. The number of hydrogen-bond donors (Lipinski definition) is 2. The van der Waals surface area contributed by atoms with Gasteiger partial charge in [-0.1, -0.05) is 0 Å². The lowest BCUT2D eigenvalue weighted by Crippen LogP contribution is -2.29. The van der Waals surface area contributed by atoms with E-state index in [1.165, 1.54) is 7.11 Å². The molecule has 0 atom stereocenters. The van der Waals surface area contributed by atoms with Gasteiger partial charge in [0, 0.05) is 6.07 Å². The van der Waals surface area contributed by atoms with Gasteiger partial charge in [-0.25, -0.2) is 0 Å². The van der Waals surface area contributed by atoms with Gasteiger partial charge in [-0.05, 0) is 12.1 Å². The van der Waals surface area contributed by atoms with Gasteiger partial charge >= 0.3 is 0 Å². The zero-order chi connectivity index (χ0) is 12.7. The van der Waals surface area contributed by atoms with Crippen molar-refractivity contribution in [2.24, 2.45) is 0 Å². The molecule has 0 spiro atoms. The van der Waals surface area contributed by atoms with Crippen LogP contribution in [-0.2, 0) is 4.79 Å². The van der Waals surface area contributed by atoms with Gasteiger partial charge in [0.15, 0.2) is 6.61 Å². The van der Waals surface area contributed by atoms with Crippen molar-refractivity contribution in [3.05, 3.63) is 18.2 Å². The number of nitriles is 1. The first-order chi connectivity index (χ1) is 8.17. The number of carbonyl (C=O) groups is 1. The van der Waals surface area contributed by atoms with Crippen molar-refractivity contribution < 1.29 is 14.3 Å². The third kappa shape index (κ3) is 3.91. The smallest absolute Gasteiger partial charge is 0.258 e. The van der Waals surface area contributed by atoms with Gasteiger partial charge in [-0.2, -0.15) is 5.26 Å². The minimum atomic E-state index is -0.360. The number of nitrogen functional groups attached to an aromatic ring is 1. The first-order valence-corrected chi connectivity index (χ1v) is 4.87. The van der Waals surface area contributed by atoms with Crippen molar-refractivity contribution in [1.29, 1.82) is 5.26 Å². The maximum absolute atomic E-state index is 11.1. The molecule has 17 heavy (non-hydrogen) atoms. The van der Waals surface area contributed by atoms with Gasteiger partial charge in [-0.3, -0.25) is 4.79 Å². The Hall–Kier alpha value is -2.42. The topological polar surface area (TPSA) is 97.4 Å². The molecule has 0 radical (unpaired) electrons. The molecule has 1 rings (SSSR count). The number of methoxy groups -OCH3 is 1. The van der Waals surface area contributed by atoms with E-state index in [1.807, 2.05) is 0 Å². The maximum atomic E-state index is 11.1. The van der Waals surface area contributed by atoms with Crippen LogP contribution in [0.3, 0.4) is 0 Å². The first kappa shape index (κ1) is 12.6. The lowest BCUT2D eigenvalue weighted by Gasteiger charge is -2.08. The van der Waals surface area contributed by atoms with Crippen molar-refractivity contribution in [1.82, 2.24) is 5.32 Å². The number of amides is 1. The molecule has 1 amide bonds. The second-order valence-corrected chi connectivity index (χ2v) is 3.13. The Labute approximate surface area is 98.9 Å². The number of carbonyl (C=O) groups excluding carboxylic acids is 1. The van der Waals surface area contributed by atoms with Gasteiger partial charge in [-0.15, -0.1) is 0 Å². The van der Waals surface area contributed by atoms with Crippen LogP contribution in [0.1, 0.15) is 0 Å². The van der Waals surface area contributed by atoms with E-state index in [0.717, 1.165) is 0 Å². The summed E-state index contributed by atoms with van der Waals surface area (Å²) < 4.78 is 10.2. The normalized spacial score (nSPS) is 9.18. The Morgan fingerprint density at radius 1 is 1.59 bits per heavy atom. The number of benzene rings is 1. The Balaban J connectivity index is 2.50. The van der Waals surface area contributed by atoms with Crippen LogP contribution in [0, 0.1) is 11.3 Å². The van der Waals surface area contributed by atoms with Crippen LogP contribution in [0.15, 0.2) is 18.2 Å². The minimum absolute atomic E-state index is 0.0348. The molecule has 0 aliphatic carbocycles. The zero-order valence-electron chi connectivity index (χ0n) is 9.40. The quantitative estimate of drug-likeness (QED) is 0.565. The first-order valence-electron chi connectivity index (χ1n) is 4.87. The molecule has 0 bridgehead atoms. The molecule has 90 valence electrons.